The van der Waals surface area contributed by atoms with Crippen molar-refractivity contribution in [1.29, 1.82) is 0 Å². The maximum absolute atomic E-state index is 11.2. The average molecular weight is 229 g/mol. The molecule has 0 bridgehead atoms. The molecule has 0 aromatic carbocycles. The minimum Gasteiger partial charge on any atom is -0.370 e. The first kappa shape index (κ1) is 12.1. The van der Waals surface area contributed by atoms with Crippen LogP contribution >= 0.6 is 0 Å². The summed E-state index contributed by atoms with van der Waals surface area (Å²) in [5.74, 6) is -3.03. The van der Waals surface area contributed by atoms with Crippen LogP contribution in [-0.2, 0) is 24.0 Å². The Morgan fingerprint density at radius 2 is 1.81 bits per heavy atom. The molecule has 0 aromatic rings. The van der Waals surface area contributed by atoms with Gasteiger partial charge in [-0.15, -0.1) is 5.06 Å². The van der Waals surface area contributed by atoms with E-state index < -0.39 is 36.2 Å². The Labute approximate surface area is 90.4 Å². The lowest BCUT2D eigenvalue weighted by Gasteiger charge is -2.15. The smallest absolute Gasteiger partial charge is 0.350 e. The Morgan fingerprint density at radius 1 is 1.31 bits per heavy atom. The zero-order valence-electron chi connectivity index (χ0n) is 8.34. The number of hydrogen-bond acceptors (Lipinski definition) is 6. The highest BCUT2D eigenvalue weighted by molar-refractivity contribution is 6.01. The number of primary amides is 1. The molecule has 0 spiro atoms. The molecule has 8 heteroatoms. The molecule has 1 saturated heterocycles. The molecule has 8 nitrogen and oxygen atoms in total. The summed E-state index contributed by atoms with van der Waals surface area (Å²) in [6, 6.07) is -1.28. The second-order valence-electron chi connectivity index (χ2n) is 3.27. The molecule has 1 aliphatic heterocycles. The molecule has 4 N–H and O–H groups in total. The Hall–Kier alpha value is -1.96. The summed E-state index contributed by atoms with van der Waals surface area (Å²) >= 11 is 0. The zero-order chi connectivity index (χ0) is 12.3. The lowest BCUT2D eigenvalue weighted by molar-refractivity contribution is -0.198. The van der Waals surface area contributed by atoms with Gasteiger partial charge >= 0.3 is 5.97 Å². The van der Waals surface area contributed by atoms with Gasteiger partial charge in [0.2, 0.25) is 5.91 Å². The third-order valence-corrected chi connectivity index (χ3v) is 1.91. The van der Waals surface area contributed by atoms with Gasteiger partial charge in [0.1, 0.15) is 6.04 Å². The Morgan fingerprint density at radius 3 is 2.25 bits per heavy atom. The normalized spacial score (nSPS) is 17.4. The molecule has 1 atom stereocenters. The van der Waals surface area contributed by atoms with Gasteiger partial charge in [-0.3, -0.25) is 14.4 Å². The van der Waals surface area contributed by atoms with E-state index in [2.05, 4.69) is 4.84 Å². The molecule has 1 rings (SSSR count). The lowest BCUT2D eigenvalue weighted by atomic mass is 10.2. The van der Waals surface area contributed by atoms with Crippen molar-refractivity contribution in [3.8, 4) is 0 Å². The Kier molecular flexibility index (Phi) is 3.56. The SMILES string of the molecule is NC(=O)C[C@H](N)C(=O)ON1C(=O)CCC1=O. The summed E-state index contributed by atoms with van der Waals surface area (Å²) in [5.41, 5.74) is 10.1. The predicted molar refractivity (Wildman–Crippen MR) is 49.0 cm³/mol. The van der Waals surface area contributed by atoms with Crippen LogP contribution in [0, 0.1) is 0 Å². The fourth-order valence-electron chi connectivity index (χ4n) is 1.12. The molecule has 0 unspecified atom stereocenters. The molecule has 0 radical (unpaired) electrons. The van der Waals surface area contributed by atoms with Gasteiger partial charge in [-0.25, -0.2) is 4.79 Å². The lowest BCUT2D eigenvalue weighted by Crippen LogP contribution is -2.42. The van der Waals surface area contributed by atoms with Gasteiger partial charge in [0.05, 0.1) is 6.42 Å². The first-order chi connectivity index (χ1) is 7.41. The van der Waals surface area contributed by atoms with Crippen molar-refractivity contribution in [2.24, 2.45) is 11.5 Å². The minimum absolute atomic E-state index is 0.00281. The van der Waals surface area contributed by atoms with Crippen molar-refractivity contribution in [2.75, 3.05) is 0 Å². The maximum Gasteiger partial charge on any atom is 0.350 e. The van der Waals surface area contributed by atoms with Crippen LogP contribution in [0.5, 0.6) is 0 Å². The molecule has 1 fully saturated rings. The topological polar surface area (TPSA) is 133 Å². The highest BCUT2D eigenvalue weighted by Crippen LogP contribution is 2.12. The van der Waals surface area contributed by atoms with Crippen LogP contribution in [0.1, 0.15) is 19.3 Å². The predicted octanol–water partition coefficient (Wildman–Crippen LogP) is -2.20. The third kappa shape index (κ3) is 2.76. The van der Waals surface area contributed by atoms with Gasteiger partial charge in [-0.05, 0) is 0 Å². The number of nitrogens with zero attached hydrogens (tertiary/aromatic N) is 1. The standard InChI is InChI=1S/C8H11N3O5/c9-4(3-5(10)12)8(15)16-11-6(13)1-2-7(11)14/h4H,1-3,9H2,(H2,10,12)/t4-/m0/s1. The molecule has 0 aliphatic carbocycles. The van der Waals surface area contributed by atoms with Gasteiger partial charge in [-0.2, -0.15) is 0 Å². The summed E-state index contributed by atoms with van der Waals surface area (Å²) in [4.78, 5) is 48.3. The van der Waals surface area contributed by atoms with Gasteiger partial charge in [0, 0.05) is 12.8 Å². The highest BCUT2D eigenvalue weighted by atomic mass is 16.7. The number of nitrogens with two attached hydrogens (primary N) is 2. The van der Waals surface area contributed by atoms with Crippen molar-refractivity contribution in [3.05, 3.63) is 0 Å². The van der Waals surface area contributed by atoms with Gasteiger partial charge in [0.15, 0.2) is 0 Å². The number of rotatable bonds is 4. The van der Waals surface area contributed by atoms with Crippen molar-refractivity contribution in [1.82, 2.24) is 5.06 Å². The number of carbonyl (C=O) groups is 4. The number of hydrogen-bond donors (Lipinski definition) is 2. The molecule has 3 amide bonds. The fraction of sp³-hybridized carbons (Fsp3) is 0.500. The minimum atomic E-state index is -1.28. The van der Waals surface area contributed by atoms with Crippen LogP contribution in [0.15, 0.2) is 0 Å². The van der Waals surface area contributed by atoms with Crippen molar-refractivity contribution >= 4 is 23.7 Å². The third-order valence-electron chi connectivity index (χ3n) is 1.91. The van der Waals surface area contributed by atoms with Crippen molar-refractivity contribution < 1.29 is 24.0 Å². The summed E-state index contributed by atoms with van der Waals surface area (Å²) < 4.78 is 0. The summed E-state index contributed by atoms with van der Waals surface area (Å²) in [6.07, 6.45) is -0.413. The van der Waals surface area contributed by atoms with E-state index in [4.69, 9.17) is 11.5 Å². The Bertz CT molecular complexity index is 338. The fourth-order valence-corrected chi connectivity index (χ4v) is 1.12. The van der Waals surface area contributed by atoms with E-state index >= 15 is 0 Å². The maximum atomic E-state index is 11.2. The molecule has 1 aliphatic rings. The van der Waals surface area contributed by atoms with Crippen LogP contribution in [0.2, 0.25) is 0 Å². The molecule has 16 heavy (non-hydrogen) atoms. The summed E-state index contributed by atoms with van der Waals surface area (Å²) in [7, 11) is 0. The van der Waals surface area contributed by atoms with Crippen LogP contribution in [0.4, 0.5) is 0 Å². The average Bonchev–Trinajstić information content (AvgIpc) is 2.48. The first-order valence-electron chi connectivity index (χ1n) is 4.53. The molecule has 88 valence electrons. The molecular weight excluding hydrogens is 218 g/mol. The van der Waals surface area contributed by atoms with Crippen molar-refractivity contribution in [2.45, 2.75) is 25.3 Å². The monoisotopic (exact) mass is 229 g/mol. The quantitative estimate of drug-likeness (QED) is 0.525. The molecule has 0 aromatic heterocycles. The number of hydroxylamine groups is 2. The van der Waals surface area contributed by atoms with E-state index in [9.17, 15) is 19.2 Å². The Balaban J connectivity index is 2.53. The van der Waals surface area contributed by atoms with Gasteiger partial charge in [-0.1, -0.05) is 0 Å². The number of imide groups is 1. The van der Waals surface area contributed by atoms with Crippen LogP contribution in [0.3, 0.4) is 0 Å². The van der Waals surface area contributed by atoms with Gasteiger partial charge in [0.25, 0.3) is 11.8 Å². The van der Waals surface area contributed by atoms with Crippen molar-refractivity contribution in [3.63, 3.8) is 0 Å². The van der Waals surface area contributed by atoms with E-state index in [-0.39, 0.29) is 12.8 Å². The number of carbonyl (C=O) groups excluding carboxylic acids is 4. The second kappa shape index (κ2) is 4.71. The zero-order valence-corrected chi connectivity index (χ0v) is 8.34. The van der Waals surface area contributed by atoms with E-state index in [1.54, 1.807) is 0 Å². The molecule has 1 heterocycles. The largest absolute Gasteiger partial charge is 0.370 e. The molecular formula is C8H11N3O5. The highest BCUT2D eigenvalue weighted by Gasteiger charge is 2.34. The number of amides is 3. The van der Waals surface area contributed by atoms with E-state index in [0.29, 0.717) is 5.06 Å². The van der Waals surface area contributed by atoms with Gasteiger partial charge < -0.3 is 16.3 Å². The first-order valence-corrected chi connectivity index (χ1v) is 4.53. The van der Waals surface area contributed by atoms with E-state index in [1.165, 1.54) is 0 Å². The van der Waals surface area contributed by atoms with E-state index in [1.807, 2.05) is 0 Å². The van der Waals surface area contributed by atoms with Crippen LogP contribution in [-0.4, -0.2) is 34.8 Å². The molecule has 0 saturated carbocycles. The van der Waals surface area contributed by atoms with Crippen LogP contribution < -0.4 is 11.5 Å². The van der Waals surface area contributed by atoms with E-state index in [0.717, 1.165) is 0 Å². The summed E-state index contributed by atoms with van der Waals surface area (Å²) in [6.45, 7) is 0. The summed E-state index contributed by atoms with van der Waals surface area (Å²) in [5, 5.41) is 0.364. The second-order valence-corrected chi connectivity index (χ2v) is 3.27. The van der Waals surface area contributed by atoms with Crippen LogP contribution in [0.25, 0.3) is 0 Å².